The number of piperazine rings is 1. The monoisotopic (exact) mass is 448 g/mol. The van der Waals surface area contributed by atoms with Gasteiger partial charge in [-0.2, -0.15) is 24.9 Å². The molecule has 3 aromatic heterocycles. The predicted molar refractivity (Wildman–Crippen MR) is 115 cm³/mol. The first-order valence-corrected chi connectivity index (χ1v) is 11.6. The quantitative estimate of drug-likeness (QED) is 0.605. The molecule has 0 bridgehead atoms. The summed E-state index contributed by atoms with van der Waals surface area (Å²) in [4.78, 5) is 18.0. The fourth-order valence-corrected chi connectivity index (χ4v) is 5.14. The first-order chi connectivity index (χ1) is 14.9. The number of halogens is 3. The molecule has 0 atom stereocenters. The summed E-state index contributed by atoms with van der Waals surface area (Å²) in [6.45, 7) is 3.75. The zero-order chi connectivity index (χ0) is 21.6. The molecule has 31 heavy (non-hydrogen) atoms. The molecule has 1 saturated carbocycles. The number of alkyl halides is 3. The molecule has 2 aliphatic rings. The molecule has 0 N–H and O–H groups in total. The van der Waals surface area contributed by atoms with Gasteiger partial charge in [-0.25, -0.2) is 15.0 Å². The highest BCUT2D eigenvalue weighted by Crippen LogP contribution is 2.34. The summed E-state index contributed by atoms with van der Waals surface area (Å²) in [5, 5.41) is 0.802. The van der Waals surface area contributed by atoms with Crippen LogP contribution in [0, 0.1) is 0 Å². The minimum Gasteiger partial charge on any atom is -0.354 e. The molecule has 6 nitrogen and oxygen atoms in total. The average molecular weight is 449 g/mol. The Kier molecular flexibility index (Phi) is 5.29. The van der Waals surface area contributed by atoms with Crippen LogP contribution in [0.5, 0.6) is 0 Å². The van der Waals surface area contributed by atoms with E-state index in [-0.39, 0.29) is 0 Å². The Balaban J connectivity index is 1.34. The summed E-state index contributed by atoms with van der Waals surface area (Å²) in [6, 6.07) is 4.95. The first-order valence-electron chi connectivity index (χ1n) is 10.3. The van der Waals surface area contributed by atoms with E-state index in [9.17, 15) is 13.2 Å². The minimum atomic E-state index is -4.42. The van der Waals surface area contributed by atoms with E-state index in [1.807, 2.05) is 17.8 Å². The van der Waals surface area contributed by atoms with Crippen LogP contribution in [0.2, 0.25) is 0 Å². The van der Waals surface area contributed by atoms with Gasteiger partial charge in [0.15, 0.2) is 5.82 Å². The second-order valence-corrected chi connectivity index (χ2v) is 9.17. The van der Waals surface area contributed by atoms with Gasteiger partial charge in [-0.1, -0.05) is 0 Å². The van der Waals surface area contributed by atoms with Gasteiger partial charge in [-0.05, 0) is 37.3 Å². The highest BCUT2D eigenvalue weighted by atomic mass is 32.2. The number of pyridine rings is 1. The van der Waals surface area contributed by atoms with Crippen molar-refractivity contribution in [3.05, 3.63) is 42.4 Å². The van der Waals surface area contributed by atoms with Crippen molar-refractivity contribution in [1.82, 2.24) is 24.3 Å². The highest BCUT2D eigenvalue weighted by molar-refractivity contribution is 7.99. The van der Waals surface area contributed by atoms with Crippen molar-refractivity contribution in [3.8, 4) is 11.5 Å². The van der Waals surface area contributed by atoms with E-state index in [2.05, 4.69) is 31.0 Å². The summed E-state index contributed by atoms with van der Waals surface area (Å²) in [6.07, 6.45) is 4.53. The molecule has 0 amide bonds. The number of aromatic nitrogens is 4. The third-order valence-corrected chi connectivity index (χ3v) is 7.31. The lowest BCUT2D eigenvalue weighted by Crippen LogP contribution is -2.54. The number of hydrogen-bond donors (Lipinski definition) is 0. The molecular formula is C21H23F3N6S. The van der Waals surface area contributed by atoms with E-state index in [1.165, 1.54) is 29.5 Å². The van der Waals surface area contributed by atoms with Gasteiger partial charge in [-0.3, -0.25) is 9.30 Å². The van der Waals surface area contributed by atoms with E-state index in [0.717, 1.165) is 49.5 Å². The van der Waals surface area contributed by atoms with Crippen LogP contribution in [-0.2, 0) is 6.18 Å². The SMILES string of the molecule is CSC1CC(N2CCN(c3ccnc(-c4cnc5ccc(C(F)(F)F)cn45)n3)CC2)C1. The summed E-state index contributed by atoms with van der Waals surface area (Å²) in [7, 11) is 0. The molecule has 0 aromatic carbocycles. The Morgan fingerprint density at radius 1 is 1.03 bits per heavy atom. The van der Waals surface area contributed by atoms with Crippen LogP contribution < -0.4 is 4.90 Å². The molecule has 0 spiro atoms. The first kappa shape index (κ1) is 20.6. The van der Waals surface area contributed by atoms with Crippen molar-refractivity contribution in [2.45, 2.75) is 30.3 Å². The number of fused-ring (bicyclic) bond motifs is 1. The Labute approximate surface area is 182 Å². The lowest BCUT2D eigenvalue weighted by molar-refractivity contribution is -0.137. The van der Waals surface area contributed by atoms with Crippen molar-refractivity contribution >= 4 is 23.2 Å². The van der Waals surface area contributed by atoms with Gasteiger partial charge < -0.3 is 4.90 Å². The van der Waals surface area contributed by atoms with Gasteiger partial charge in [0.2, 0.25) is 0 Å². The van der Waals surface area contributed by atoms with Crippen molar-refractivity contribution in [2.75, 3.05) is 37.3 Å². The third kappa shape index (κ3) is 3.98. The van der Waals surface area contributed by atoms with Gasteiger partial charge in [0.1, 0.15) is 17.2 Å². The normalized spacial score (nSPS) is 22.6. The summed E-state index contributed by atoms with van der Waals surface area (Å²) in [5.41, 5.74) is 0.139. The second-order valence-electron chi connectivity index (χ2n) is 8.03. The van der Waals surface area contributed by atoms with Crippen LogP contribution in [0.15, 0.2) is 36.8 Å². The Morgan fingerprint density at radius 3 is 2.52 bits per heavy atom. The van der Waals surface area contributed by atoms with Crippen LogP contribution >= 0.6 is 11.8 Å². The maximum Gasteiger partial charge on any atom is 0.417 e. The number of nitrogens with zero attached hydrogens (tertiary/aromatic N) is 6. The number of rotatable bonds is 4. The summed E-state index contributed by atoms with van der Waals surface area (Å²) in [5.74, 6) is 1.16. The molecule has 5 rings (SSSR count). The smallest absolute Gasteiger partial charge is 0.354 e. The average Bonchev–Trinajstić information content (AvgIpc) is 3.16. The number of anilines is 1. The fourth-order valence-electron chi connectivity index (χ4n) is 4.31. The van der Waals surface area contributed by atoms with E-state index in [0.29, 0.717) is 23.2 Å². The largest absolute Gasteiger partial charge is 0.417 e. The molecule has 10 heteroatoms. The Morgan fingerprint density at radius 2 is 1.81 bits per heavy atom. The molecule has 0 radical (unpaired) electrons. The van der Waals surface area contributed by atoms with Gasteiger partial charge >= 0.3 is 6.18 Å². The maximum atomic E-state index is 13.1. The van der Waals surface area contributed by atoms with Gasteiger partial charge in [0.05, 0.1) is 11.8 Å². The van der Waals surface area contributed by atoms with E-state index < -0.39 is 11.7 Å². The van der Waals surface area contributed by atoms with E-state index in [4.69, 9.17) is 0 Å². The van der Waals surface area contributed by atoms with Crippen molar-refractivity contribution in [2.24, 2.45) is 0 Å². The van der Waals surface area contributed by atoms with Gasteiger partial charge in [0, 0.05) is 49.9 Å². The number of imidazole rings is 1. The molecule has 3 aromatic rings. The number of thioether (sulfide) groups is 1. The van der Waals surface area contributed by atoms with Gasteiger partial charge in [0.25, 0.3) is 0 Å². The van der Waals surface area contributed by atoms with Crippen molar-refractivity contribution < 1.29 is 13.2 Å². The Hall–Kier alpha value is -2.33. The van der Waals surface area contributed by atoms with Crippen LogP contribution in [0.3, 0.4) is 0 Å². The molecular weight excluding hydrogens is 425 g/mol. The van der Waals surface area contributed by atoms with Crippen LogP contribution in [-0.4, -0.2) is 68.0 Å². The van der Waals surface area contributed by atoms with Crippen LogP contribution in [0.4, 0.5) is 19.0 Å². The molecule has 2 fully saturated rings. The van der Waals surface area contributed by atoms with Crippen molar-refractivity contribution in [1.29, 1.82) is 0 Å². The molecule has 4 heterocycles. The predicted octanol–water partition coefficient (Wildman–Crippen LogP) is 3.83. The summed E-state index contributed by atoms with van der Waals surface area (Å²) < 4.78 is 40.8. The second kappa shape index (κ2) is 7.98. The standard InChI is InChI=1S/C21H23F3N6S/c1-31-16-10-15(11-16)28-6-8-29(9-7-28)19-4-5-25-20(27-19)17-12-26-18-3-2-14(13-30(17)18)21(22,23)24/h2-5,12-13,15-16H,6-11H2,1H3. The highest BCUT2D eigenvalue weighted by Gasteiger charge is 2.35. The maximum absolute atomic E-state index is 13.1. The fraction of sp³-hybridized carbons (Fsp3) is 0.476. The lowest BCUT2D eigenvalue weighted by Gasteiger charge is -2.46. The van der Waals surface area contributed by atoms with E-state index >= 15 is 0 Å². The molecule has 0 unspecified atom stereocenters. The van der Waals surface area contributed by atoms with Crippen molar-refractivity contribution in [3.63, 3.8) is 0 Å². The zero-order valence-electron chi connectivity index (χ0n) is 17.1. The molecule has 1 saturated heterocycles. The van der Waals surface area contributed by atoms with Gasteiger partial charge in [-0.15, -0.1) is 0 Å². The van der Waals surface area contributed by atoms with Crippen LogP contribution in [0.25, 0.3) is 17.2 Å². The third-order valence-electron chi connectivity index (χ3n) is 6.26. The number of hydrogen-bond acceptors (Lipinski definition) is 6. The Bertz CT molecular complexity index is 1070. The minimum absolute atomic E-state index is 0.369. The lowest BCUT2D eigenvalue weighted by atomic mass is 9.90. The summed E-state index contributed by atoms with van der Waals surface area (Å²) >= 11 is 1.96. The molecule has 164 valence electrons. The van der Waals surface area contributed by atoms with E-state index in [1.54, 1.807) is 6.20 Å². The van der Waals surface area contributed by atoms with Crippen LogP contribution in [0.1, 0.15) is 18.4 Å². The molecule has 1 aliphatic heterocycles. The topological polar surface area (TPSA) is 49.6 Å². The zero-order valence-corrected chi connectivity index (χ0v) is 17.9. The molecule has 1 aliphatic carbocycles.